The van der Waals surface area contributed by atoms with Crippen LogP contribution < -0.4 is 9.80 Å². The average Bonchev–Trinajstić information content (AvgIpc) is 3.50. The summed E-state index contributed by atoms with van der Waals surface area (Å²) in [6.45, 7) is 1.52. The number of carbonyl (C=O) groups is 1. The minimum Gasteiger partial charge on any atom is -0.363 e. The zero-order chi connectivity index (χ0) is 20.7. The van der Waals surface area contributed by atoms with Gasteiger partial charge in [-0.3, -0.25) is 4.79 Å². The third-order valence-electron chi connectivity index (χ3n) is 5.92. The zero-order valence-electron chi connectivity index (χ0n) is 17.4. The van der Waals surface area contributed by atoms with Crippen molar-refractivity contribution in [1.29, 1.82) is 0 Å². The van der Waals surface area contributed by atoms with Gasteiger partial charge in [0.15, 0.2) is 5.01 Å². The normalized spacial score (nSPS) is 17.3. The van der Waals surface area contributed by atoms with Gasteiger partial charge >= 0.3 is 0 Å². The number of amides is 1. The first-order valence-electron chi connectivity index (χ1n) is 10.5. The van der Waals surface area contributed by atoms with E-state index >= 15 is 0 Å². The summed E-state index contributed by atoms with van der Waals surface area (Å²) in [5.74, 6) is 1.99. The van der Waals surface area contributed by atoms with Crippen LogP contribution in [0.1, 0.15) is 35.5 Å². The van der Waals surface area contributed by atoms with Gasteiger partial charge in [-0.25, -0.2) is 15.0 Å². The van der Waals surface area contributed by atoms with E-state index in [1.807, 2.05) is 48.2 Å². The summed E-state index contributed by atoms with van der Waals surface area (Å²) >= 11 is 1.49. The summed E-state index contributed by atoms with van der Waals surface area (Å²) in [6, 6.07) is 11.0. The maximum Gasteiger partial charge on any atom is 0.282 e. The Kier molecular flexibility index (Phi) is 5.02. The summed E-state index contributed by atoms with van der Waals surface area (Å²) in [4.78, 5) is 33.0. The number of fused-ring (bicyclic) bond motifs is 1. The maximum absolute atomic E-state index is 13.0. The number of thiazole rings is 1. The second kappa shape index (κ2) is 7.83. The first-order chi connectivity index (χ1) is 14.6. The fraction of sp³-hybridized carbons (Fsp3) is 0.455. The predicted molar refractivity (Wildman–Crippen MR) is 120 cm³/mol. The van der Waals surface area contributed by atoms with Gasteiger partial charge in [0.1, 0.15) is 18.0 Å². The lowest BCUT2D eigenvalue weighted by Crippen LogP contribution is -2.48. The molecule has 3 aromatic rings. The summed E-state index contributed by atoms with van der Waals surface area (Å²) < 4.78 is 1.07. The van der Waals surface area contributed by atoms with E-state index in [1.54, 1.807) is 6.33 Å². The topological polar surface area (TPSA) is 65.5 Å². The number of para-hydroxylation sites is 1. The molecule has 1 saturated carbocycles. The van der Waals surface area contributed by atoms with E-state index in [1.165, 1.54) is 24.2 Å². The Morgan fingerprint density at radius 2 is 1.73 bits per heavy atom. The van der Waals surface area contributed by atoms with Crippen molar-refractivity contribution in [1.82, 2.24) is 19.9 Å². The van der Waals surface area contributed by atoms with E-state index in [0.717, 1.165) is 47.8 Å². The number of aromatic nitrogens is 3. The number of likely N-dealkylation sites (tertiary alicyclic amines) is 1. The molecule has 0 unspecified atom stereocenters. The molecule has 0 spiro atoms. The third-order valence-corrected chi connectivity index (χ3v) is 6.95. The zero-order valence-corrected chi connectivity index (χ0v) is 18.2. The Labute approximate surface area is 180 Å². The highest BCUT2D eigenvalue weighted by molar-refractivity contribution is 7.20. The molecule has 5 rings (SSSR count). The molecule has 7 nitrogen and oxygen atoms in total. The Morgan fingerprint density at radius 1 is 1.03 bits per heavy atom. The van der Waals surface area contributed by atoms with Crippen LogP contribution >= 0.6 is 11.3 Å². The van der Waals surface area contributed by atoms with Crippen LogP contribution in [0.2, 0.25) is 0 Å². The lowest BCUT2D eigenvalue weighted by atomic mass is 10.0. The molecule has 3 heterocycles. The summed E-state index contributed by atoms with van der Waals surface area (Å²) in [7, 11) is 4.00. The number of nitrogens with zero attached hydrogens (tertiary/aromatic N) is 6. The number of rotatable bonds is 5. The molecular formula is C22H26N6OS. The van der Waals surface area contributed by atoms with E-state index in [0.29, 0.717) is 17.1 Å². The molecule has 0 N–H and O–H groups in total. The molecule has 8 heteroatoms. The summed E-state index contributed by atoms with van der Waals surface area (Å²) in [5.41, 5.74) is 0.904. The standard InChI is InChI=1S/C22H26N6OS/c1-26(2)19-13-20(24-14-23-19)28(15-7-8-15)16-9-11-27(12-10-16)22(29)21-25-17-5-3-4-6-18(17)30-21/h3-6,13-16H,7-12H2,1-2H3. The van der Waals surface area contributed by atoms with E-state index in [9.17, 15) is 4.79 Å². The monoisotopic (exact) mass is 422 g/mol. The smallest absolute Gasteiger partial charge is 0.282 e. The Morgan fingerprint density at radius 3 is 2.43 bits per heavy atom. The van der Waals surface area contributed by atoms with Gasteiger partial charge in [0, 0.05) is 45.3 Å². The minimum absolute atomic E-state index is 0.0598. The van der Waals surface area contributed by atoms with Crippen molar-refractivity contribution in [3.63, 3.8) is 0 Å². The molecule has 1 amide bonds. The van der Waals surface area contributed by atoms with Gasteiger partial charge in [-0.2, -0.15) is 0 Å². The Bertz CT molecular complexity index is 1020. The number of benzene rings is 1. The van der Waals surface area contributed by atoms with Gasteiger partial charge in [0.25, 0.3) is 5.91 Å². The Balaban J connectivity index is 1.29. The molecule has 0 radical (unpaired) electrons. The molecule has 2 aliphatic rings. The van der Waals surface area contributed by atoms with Crippen LogP contribution in [-0.4, -0.2) is 65.0 Å². The molecule has 1 aromatic carbocycles. The van der Waals surface area contributed by atoms with Gasteiger partial charge in [-0.1, -0.05) is 12.1 Å². The first-order valence-corrected chi connectivity index (χ1v) is 11.3. The van der Waals surface area contributed by atoms with Gasteiger partial charge in [-0.15, -0.1) is 11.3 Å². The number of carbonyl (C=O) groups excluding carboxylic acids is 1. The van der Waals surface area contributed by atoms with Crippen LogP contribution in [0.4, 0.5) is 11.6 Å². The molecular weight excluding hydrogens is 396 g/mol. The van der Waals surface area contributed by atoms with Crippen molar-refractivity contribution in [2.24, 2.45) is 0 Å². The van der Waals surface area contributed by atoms with Crippen molar-refractivity contribution in [3.8, 4) is 0 Å². The molecule has 156 valence electrons. The molecule has 1 aliphatic carbocycles. The number of hydrogen-bond acceptors (Lipinski definition) is 7. The third kappa shape index (κ3) is 3.71. The van der Waals surface area contributed by atoms with Crippen LogP contribution in [-0.2, 0) is 0 Å². The van der Waals surface area contributed by atoms with Crippen molar-refractivity contribution in [2.45, 2.75) is 37.8 Å². The minimum atomic E-state index is 0.0598. The molecule has 2 fully saturated rings. The fourth-order valence-corrected chi connectivity index (χ4v) is 5.13. The van der Waals surface area contributed by atoms with Crippen LogP contribution in [0.25, 0.3) is 10.2 Å². The van der Waals surface area contributed by atoms with Gasteiger partial charge in [0.2, 0.25) is 0 Å². The molecule has 0 atom stereocenters. The van der Waals surface area contributed by atoms with Crippen LogP contribution in [0.5, 0.6) is 0 Å². The van der Waals surface area contributed by atoms with Gasteiger partial charge < -0.3 is 14.7 Å². The molecule has 1 aliphatic heterocycles. The van der Waals surface area contributed by atoms with Crippen molar-refractivity contribution < 1.29 is 4.79 Å². The van der Waals surface area contributed by atoms with Crippen LogP contribution in [0, 0.1) is 0 Å². The fourth-order valence-electron chi connectivity index (χ4n) is 4.19. The second-order valence-corrected chi connectivity index (χ2v) is 9.31. The van der Waals surface area contributed by atoms with Crippen LogP contribution in [0.3, 0.4) is 0 Å². The Hall–Kier alpha value is -2.74. The highest BCUT2D eigenvalue weighted by Gasteiger charge is 2.37. The summed E-state index contributed by atoms with van der Waals surface area (Å²) in [6.07, 6.45) is 5.99. The highest BCUT2D eigenvalue weighted by atomic mass is 32.1. The average molecular weight is 423 g/mol. The summed E-state index contributed by atoms with van der Waals surface area (Å²) in [5, 5.41) is 0.597. The van der Waals surface area contributed by atoms with Crippen LogP contribution in [0.15, 0.2) is 36.7 Å². The molecule has 1 saturated heterocycles. The highest BCUT2D eigenvalue weighted by Crippen LogP contribution is 2.36. The molecule has 0 bridgehead atoms. The van der Waals surface area contributed by atoms with Gasteiger partial charge in [-0.05, 0) is 37.8 Å². The SMILES string of the molecule is CN(C)c1cc(N(C2CC2)C2CCN(C(=O)c3nc4ccccc4s3)CC2)ncn1. The first kappa shape index (κ1) is 19.2. The van der Waals surface area contributed by atoms with E-state index < -0.39 is 0 Å². The van der Waals surface area contributed by atoms with E-state index in [-0.39, 0.29) is 5.91 Å². The quantitative estimate of drug-likeness (QED) is 0.628. The molecule has 30 heavy (non-hydrogen) atoms. The molecule has 2 aromatic heterocycles. The lowest BCUT2D eigenvalue weighted by molar-refractivity contribution is 0.0711. The number of piperidine rings is 1. The second-order valence-electron chi connectivity index (χ2n) is 8.28. The van der Waals surface area contributed by atoms with E-state index in [2.05, 4.69) is 25.9 Å². The number of anilines is 2. The van der Waals surface area contributed by atoms with Crippen molar-refractivity contribution in [2.75, 3.05) is 37.0 Å². The largest absolute Gasteiger partial charge is 0.363 e. The van der Waals surface area contributed by atoms with Crippen molar-refractivity contribution >= 4 is 39.1 Å². The lowest BCUT2D eigenvalue weighted by Gasteiger charge is -2.39. The maximum atomic E-state index is 13.0. The van der Waals surface area contributed by atoms with Crippen molar-refractivity contribution in [3.05, 3.63) is 41.7 Å². The van der Waals surface area contributed by atoms with Gasteiger partial charge in [0.05, 0.1) is 10.2 Å². The van der Waals surface area contributed by atoms with E-state index in [4.69, 9.17) is 0 Å². The predicted octanol–water partition coefficient (Wildman–Crippen LogP) is 3.43. The number of hydrogen-bond donors (Lipinski definition) is 0.